The van der Waals surface area contributed by atoms with Crippen molar-refractivity contribution in [3.05, 3.63) is 76.5 Å². The number of carbonyl (C=O) groups is 1. The maximum absolute atomic E-state index is 13.6. The second kappa shape index (κ2) is 12.0. The van der Waals surface area contributed by atoms with Crippen LogP contribution in [-0.2, 0) is 9.53 Å². The number of nitrogens with zero attached hydrogens (tertiary/aromatic N) is 3. The number of hydrogen-bond donors (Lipinski definition) is 3. The summed E-state index contributed by atoms with van der Waals surface area (Å²) in [6, 6.07) is 16.5. The highest BCUT2D eigenvalue weighted by Gasteiger charge is 2.46. The number of carbonyl (C=O) groups excluding carboxylic acids is 1. The molecule has 1 unspecified atom stereocenters. The van der Waals surface area contributed by atoms with Crippen LogP contribution in [0.4, 0.5) is 24.9 Å². The van der Waals surface area contributed by atoms with Crippen LogP contribution in [0.5, 0.6) is 0 Å². The van der Waals surface area contributed by atoms with Gasteiger partial charge in [-0.2, -0.15) is 13.2 Å². The fourth-order valence-electron chi connectivity index (χ4n) is 4.65. The summed E-state index contributed by atoms with van der Waals surface area (Å²) in [5.74, 6) is -0.753. The third-order valence-corrected chi connectivity index (χ3v) is 8.48. The van der Waals surface area contributed by atoms with Crippen LogP contribution < -0.4 is 16.4 Å². The summed E-state index contributed by atoms with van der Waals surface area (Å²) in [7, 11) is 1.55. The van der Waals surface area contributed by atoms with Gasteiger partial charge in [0.2, 0.25) is 6.17 Å². The Morgan fingerprint density at radius 2 is 1.93 bits per heavy atom. The number of allylic oxidation sites excluding steroid dienone is 1. The number of anilines is 2. The van der Waals surface area contributed by atoms with Crippen LogP contribution in [0.3, 0.4) is 0 Å². The summed E-state index contributed by atoms with van der Waals surface area (Å²) in [4.78, 5) is 18.1. The molecule has 4 N–H and O–H groups in total. The van der Waals surface area contributed by atoms with Gasteiger partial charge in [-0.15, -0.1) is 16.9 Å². The Hall–Kier alpha value is -3.84. The number of ether oxygens (including phenoxy) is 1. The topological polar surface area (TPSA) is 128 Å². The summed E-state index contributed by atoms with van der Waals surface area (Å²) in [6.45, 7) is 1.88. The van der Waals surface area contributed by atoms with Crippen molar-refractivity contribution in [1.29, 1.82) is 0 Å². The van der Waals surface area contributed by atoms with E-state index >= 15 is 0 Å². The average Bonchev–Trinajstić information content (AvgIpc) is 3.58. The molecule has 2 heterocycles. The molecule has 1 saturated carbocycles. The standard InChI is InChI=1S/C28H29F3N6O3S/c1-3-20(28(29,30)31)41-23(18-13-16(18)14-39-2)21(32)26-36-37-27(40-26)35-24-25(38)33-19-12-8-7-11-17(19)22(34-24)15-9-5-4-6-10-15/h4-12,16,18,20,24H,3,13-14,32H2,1-2H3,(H,33,38)(H,35,37)/b23-21-/t16-,18+,20?,24+/m0/s1. The molecule has 0 spiro atoms. The van der Waals surface area contributed by atoms with Crippen molar-refractivity contribution in [3.8, 4) is 0 Å². The summed E-state index contributed by atoms with van der Waals surface area (Å²) >= 11 is 0.679. The number of benzene rings is 2. The van der Waals surface area contributed by atoms with Gasteiger partial charge in [-0.05, 0) is 30.7 Å². The molecule has 0 bridgehead atoms. The Morgan fingerprint density at radius 3 is 2.63 bits per heavy atom. The third kappa shape index (κ3) is 6.41. The van der Waals surface area contributed by atoms with Crippen LogP contribution >= 0.6 is 11.8 Å². The molecule has 1 fully saturated rings. The van der Waals surface area contributed by atoms with Gasteiger partial charge in [0, 0.05) is 29.7 Å². The molecule has 1 amide bonds. The molecule has 4 atom stereocenters. The number of amides is 1. The summed E-state index contributed by atoms with van der Waals surface area (Å²) < 4.78 is 51.8. The molecule has 1 aromatic heterocycles. The van der Waals surface area contributed by atoms with E-state index in [1.54, 1.807) is 13.2 Å². The number of halogens is 3. The van der Waals surface area contributed by atoms with E-state index in [0.29, 0.717) is 41.1 Å². The number of nitrogens with two attached hydrogens (primary N) is 1. The van der Waals surface area contributed by atoms with Crippen molar-refractivity contribution in [1.82, 2.24) is 10.2 Å². The van der Waals surface area contributed by atoms with E-state index in [2.05, 4.69) is 25.8 Å². The number of aromatic nitrogens is 2. The summed E-state index contributed by atoms with van der Waals surface area (Å²) in [5.41, 5.74) is 9.04. The number of para-hydroxylation sites is 1. The minimum absolute atomic E-state index is 0.0203. The number of hydrogen-bond acceptors (Lipinski definition) is 9. The molecular formula is C28H29F3N6O3S. The minimum atomic E-state index is -4.41. The van der Waals surface area contributed by atoms with Crippen molar-refractivity contribution in [2.75, 3.05) is 24.4 Å². The first-order valence-corrected chi connectivity index (χ1v) is 13.9. The number of fused-ring (bicyclic) bond motifs is 1. The highest BCUT2D eigenvalue weighted by molar-refractivity contribution is 8.03. The Bertz CT molecular complexity index is 1460. The Kier molecular flexibility index (Phi) is 8.36. The van der Waals surface area contributed by atoms with E-state index in [-0.39, 0.29) is 35.9 Å². The lowest BCUT2D eigenvalue weighted by molar-refractivity contribution is -0.128. The fraction of sp³-hybridized carbons (Fsp3) is 0.357. The molecular weight excluding hydrogens is 557 g/mol. The normalized spacial score (nSPS) is 21.6. The predicted molar refractivity (Wildman–Crippen MR) is 151 cm³/mol. The molecule has 1 aliphatic heterocycles. The number of methoxy groups -OCH3 is 1. The van der Waals surface area contributed by atoms with Gasteiger partial charge < -0.3 is 25.5 Å². The monoisotopic (exact) mass is 586 g/mol. The van der Waals surface area contributed by atoms with Crippen molar-refractivity contribution in [2.45, 2.75) is 37.4 Å². The fourth-order valence-corrected chi connectivity index (χ4v) is 5.93. The smallest absolute Gasteiger partial charge is 0.400 e. The zero-order chi connectivity index (χ0) is 29.1. The lowest BCUT2D eigenvalue weighted by Crippen LogP contribution is -2.32. The van der Waals surface area contributed by atoms with Crippen LogP contribution in [0, 0.1) is 11.8 Å². The maximum atomic E-state index is 13.6. The number of rotatable bonds is 10. The molecule has 0 radical (unpaired) electrons. The number of aliphatic imine (C=N–C) groups is 1. The molecule has 2 aliphatic rings. The van der Waals surface area contributed by atoms with Gasteiger partial charge >= 0.3 is 12.2 Å². The molecule has 13 heteroatoms. The third-order valence-electron chi connectivity index (χ3n) is 6.82. The van der Waals surface area contributed by atoms with Gasteiger partial charge in [-0.1, -0.05) is 60.6 Å². The number of thioether (sulfide) groups is 1. The summed E-state index contributed by atoms with van der Waals surface area (Å²) in [5, 5.41) is 12.0. The van der Waals surface area contributed by atoms with E-state index in [1.165, 1.54) is 6.92 Å². The van der Waals surface area contributed by atoms with Gasteiger partial charge in [0.05, 0.1) is 11.4 Å². The van der Waals surface area contributed by atoms with E-state index in [0.717, 1.165) is 11.1 Å². The Morgan fingerprint density at radius 1 is 1.20 bits per heavy atom. The first kappa shape index (κ1) is 28.7. The SMILES string of the molecule is CCC(S/C(=C(\N)c1nnc(N[C@H]2N=C(c3ccccc3)c3ccccc3NC2=O)o1)[C@@H]1C[C@H]1COC)C(F)(F)F. The van der Waals surface area contributed by atoms with Gasteiger partial charge in [0.1, 0.15) is 10.9 Å². The average molecular weight is 587 g/mol. The van der Waals surface area contributed by atoms with Crippen molar-refractivity contribution >= 4 is 40.8 Å². The maximum Gasteiger partial charge on any atom is 0.400 e. The zero-order valence-corrected chi connectivity index (χ0v) is 23.1. The molecule has 41 heavy (non-hydrogen) atoms. The Labute approximate surface area is 238 Å². The van der Waals surface area contributed by atoms with Crippen LogP contribution in [0.15, 0.2) is 68.9 Å². The molecule has 3 aromatic rings. The largest absolute Gasteiger partial charge is 0.402 e. The molecule has 2 aromatic carbocycles. The van der Waals surface area contributed by atoms with Crippen molar-refractivity contribution < 1.29 is 27.1 Å². The Balaban J connectivity index is 1.44. The lowest BCUT2D eigenvalue weighted by atomic mass is 10.0. The molecule has 9 nitrogen and oxygen atoms in total. The van der Waals surface area contributed by atoms with Gasteiger partial charge in [-0.3, -0.25) is 4.79 Å². The van der Waals surface area contributed by atoms with Crippen molar-refractivity contribution in [3.63, 3.8) is 0 Å². The van der Waals surface area contributed by atoms with Crippen LogP contribution in [-0.4, -0.2) is 53.1 Å². The first-order valence-electron chi connectivity index (χ1n) is 13.0. The highest BCUT2D eigenvalue weighted by Crippen LogP contribution is 2.53. The van der Waals surface area contributed by atoms with E-state index in [9.17, 15) is 18.0 Å². The van der Waals surface area contributed by atoms with Crippen molar-refractivity contribution in [2.24, 2.45) is 22.6 Å². The van der Waals surface area contributed by atoms with E-state index in [1.807, 2.05) is 48.5 Å². The van der Waals surface area contributed by atoms with Crippen LogP contribution in [0.2, 0.25) is 0 Å². The number of alkyl halides is 3. The molecule has 1 aliphatic carbocycles. The van der Waals surface area contributed by atoms with Gasteiger partial charge in [0.15, 0.2) is 0 Å². The van der Waals surface area contributed by atoms with Crippen LogP contribution in [0.25, 0.3) is 5.70 Å². The second-order valence-electron chi connectivity index (χ2n) is 9.73. The van der Waals surface area contributed by atoms with E-state index in [4.69, 9.17) is 14.9 Å². The second-order valence-corrected chi connectivity index (χ2v) is 11.0. The zero-order valence-electron chi connectivity index (χ0n) is 22.3. The quantitative estimate of drug-likeness (QED) is 0.293. The van der Waals surface area contributed by atoms with E-state index < -0.39 is 23.5 Å². The predicted octanol–water partition coefficient (Wildman–Crippen LogP) is 5.28. The summed E-state index contributed by atoms with van der Waals surface area (Å²) in [6.07, 6.45) is -5.03. The first-order chi connectivity index (χ1) is 19.7. The highest BCUT2D eigenvalue weighted by atomic mass is 32.2. The van der Waals surface area contributed by atoms with Gasteiger partial charge in [-0.25, -0.2) is 4.99 Å². The minimum Gasteiger partial charge on any atom is -0.402 e. The van der Waals surface area contributed by atoms with Gasteiger partial charge in [0.25, 0.3) is 11.8 Å². The molecule has 216 valence electrons. The number of nitrogens with one attached hydrogen (secondary N) is 2. The van der Waals surface area contributed by atoms with Crippen LogP contribution in [0.1, 0.15) is 36.8 Å². The molecule has 0 saturated heterocycles. The molecule has 5 rings (SSSR count). The lowest BCUT2D eigenvalue weighted by Gasteiger charge is -2.20. The number of benzodiazepines with no additional fused rings is 1.